The number of carbonyl (C=O) groups excluding carboxylic acids is 1. The summed E-state index contributed by atoms with van der Waals surface area (Å²) in [5.41, 5.74) is 4.83. The Hall–Kier alpha value is -2.42. The van der Waals surface area contributed by atoms with Crippen molar-refractivity contribution >= 4 is 23.2 Å². The standard InChI is InChI=1S/C10H15N5O4/c1-12-9-4-7(15(17)18)5-10(14-9)13-2-3-19-6-8(11)16/h4-5H,2-3,6H2,1H3,(H2,11,16)(H2,12,13,14). The van der Waals surface area contributed by atoms with Crippen molar-refractivity contribution < 1.29 is 14.5 Å². The van der Waals surface area contributed by atoms with E-state index in [0.29, 0.717) is 18.2 Å². The fourth-order valence-corrected chi connectivity index (χ4v) is 1.26. The molecule has 9 nitrogen and oxygen atoms in total. The lowest BCUT2D eigenvalue weighted by Crippen LogP contribution is -2.20. The first-order valence-electron chi connectivity index (χ1n) is 5.47. The van der Waals surface area contributed by atoms with Crippen molar-refractivity contribution in [2.75, 3.05) is 37.4 Å². The van der Waals surface area contributed by atoms with Gasteiger partial charge in [-0.25, -0.2) is 4.98 Å². The molecule has 0 aliphatic rings. The first kappa shape index (κ1) is 14.6. The summed E-state index contributed by atoms with van der Waals surface area (Å²) in [6, 6.07) is 2.64. The fraction of sp³-hybridized carbons (Fsp3) is 0.400. The number of pyridine rings is 1. The molecule has 0 radical (unpaired) electrons. The van der Waals surface area contributed by atoms with E-state index in [0.717, 1.165) is 0 Å². The second-order valence-corrected chi connectivity index (χ2v) is 3.55. The number of nitrogens with zero attached hydrogens (tertiary/aromatic N) is 2. The number of aromatic nitrogens is 1. The summed E-state index contributed by atoms with van der Waals surface area (Å²) in [4.78, 5) is 24.7. The molecule has 19 heavy (non-hydrogen) atoms. The average Bonchev–Trinajstić information content (AvgIpc) is 2.37. The van der Waals surface area contributed by atoms with Crippen molar-refractivity contribution in [2.24, 2.45) is 5.73 Å². The molecule has 0 atom stereocenters. The molecule has 0 saturated carbocycles. The number of ether oxygens (including phenoxy) is 1. The summed E-state index contributed by atoms with van der Waals surface area (Å²) in [6.07, 6.45) is 0. The van der Waals surface area contributed by atoms with Gasteiger partial charge in [0.15, 0.2) is 0 Å². The van der Waals surface area contributed by atoms with E-state index in [4.69, 9.17) is 10.5 Å². The van der Waals surface area contributed by atoms with Gasteiger partial charge < -0.3 is 21.1 Å². The third-order valence-corrected chi connectivity index (χ3v) is 2.07. The zero-order valence-electron chi connectivity index (χ0n) is 10.4. The number of nitrogens with one attached hydrogen (secondary N) is 2. The molecule has 0 unspecified atom stereocenters. The first-order chi connectivity index (χ1) is 9.02. The summed E-state index contributed by atoms with van der Waals surface area (Å²) in [5.74, 6) is 0.182. The zero-order chi connectivity index (χ0) is 14.3. The van der Waals surface area contributed by atoms with Crippen LogP contribution in [0.2, 0.25) is 0 Å². The van der Waals surface area contributed by atoms with Gasteiger partial charge in [0.05, 0.1) is 23.7 Å². The van der Waals surface area contributed by atoms with E-state index >= 15 is 0 Å². The van der Waals surface area contributed by atoms with Gasteiger partial charge in [0.25, 0.3) is 5.69 Å². The van der Waals surface area contributed by atoms with Crippen LogP contribution in [0, 0.1) is 10.1 Å². The van der Waals surface area contributed by atoms with Crippen molar-refractivity contribution in [3.63, 3.8) is 0 Å². The van der Waals surface area contributed by atoms with Crippen molar-refractivity contribution in [3.05, 3.63) is 22.2 Å². The molecule has 0 aliphatic heterocycles. The van der Waals surface area contributed by atoms with Crippen LogP contribution in [-0.4, -0.2) is 42.6 Å². The SMILES string of the molecule is CNc1cc([N+](=O)[O-])cc(NCCOCC(N)=O)n1. The Morgan fingerprint density at radius 1 is 1.53 bits per heavy atom. The van der Waals surface area contributed by atoms with Gasteiger partial charge in [-0.3, -0.25) is 14.9 Å². The van der Waals surface area contributed by atoms with Gasteiger partial charge >= 0.3 is 0 Å². The van der Waals surface area contributed by atoms with Crippen LogP contribution in [0.5, 0.6) is 0 Å². The van der Waals surface area contributed by atoms with Crippen LogP contribution in [0.3, 0.4) is 0 Å². The molecule has 1 amide bonds. The molecule has 0 bridgehead atoms. The molecule has 9 heteroatoms. The Morgan fingerprint density at radius 2 is 2.21 bits per heavy atom. The van der Waals surface area contributed by atoms with Crippen molar-refractivity contribution in [3.8, 4) is 0 Å². The molecule has 1 rings (SSSR count). The topological polar surface area (TPSA) is 132 Å². The lowest BCUT2D eigenvalue weighted by Gasteiger charge is -2.07. The van der Waals surface area contributed by atoms with Gasteiger partial charge in [0.2, 0.25) is 5.91 Å². The van der Waals surface area contributed by atoms with Crippen LogP contribution < -0.4 is 16.4 Å². The highest BCUT2D eigenvalue weighted by atomic mass is 16.6. The van der Waals surface area contributed by atoms with Gasteiger partial charge in [-0.1, -0.05) is 0 Å². The lowest BCUT2D eigenvalue weighted by molar-refractivity contribution is -0.384. The van der Waals surface area contributed by atoms with E-state index in [9.17, 15) is 14.9 Å². The zero-order valence-corrected chi connectivity index (χ0v) is 10.4. The van der Waals surface area contributed by atoms with Crippen LogP contribution in [0.4, 0.5) is 17.3 Å². The fourth-order valence-electron chi connectivity index (χ4n) is 1.26. The second kappa shape index (κ2) is 7.11. The highest BCUT2D eigenvalue weighted by molar-refractivity contribution is 5.74. The monoisotopic (exact) mass is 269 g/mol. The van der Waals surface area contributed by atoms with Gasteiger partial charge in [0.1, 0.15) is 18.2 Å². The Balaban J connectivity index is 2.55. The largest absolute Gasteiger partial charge is 0.373 e. The van der Waals surface area contributed by atoms with Crippen LogP contribution in [0.25, 0.3) is 0 Å². The van der Waals surface area contributed by atoms with E-state index in [1.54, 1.807) is 7.05 Å². The van der Waals surface area contributed by atoms with Crippen molar-refractivity contribution in [2.45, 2.75) is 0 Å². The number of nitrogens with two attached hydrogens (primary N) is 1. The third kappa shape index (κ3) is 5.17. The number of primary amides is 1. The highest BCUT2D eigenvalue weighted by Gasteiger charge is 2.10. The number of anilines is 2. The Labute approximate surface area is 109 Å². The molecule has 1 heterocycles. The highest BCUT2D eigenvalue weighted by Crippen LogP contribution is 2.19. The Morgan fingerprint density at radius 3 is 2.79 bits per heavy atom. The molecule has 0 spiro atoms. The van der Waals surface area contributed by atoms with E-state index in [2.05, 4.69) is 15.6 Å². The normalized spacial score (nSPS) is 9.95. The van der Waals surface area contributed by atoms with E-state index in [-0.39, 0.29) is 18.9 Å². The van der Waals surface area contributed by atoms with Gasteiger partial charge in [-0.15, -0.1) is 0 Å². The maximum Gasteiger partial charge on any atom is 0.276 e. The van der Waals surface area contributed by atoms with Gasteiger partial charge in [-0.05, 0) is 0 Å². The summed E-state index contributed by atoms with van der Waals surface area (Å²) in [5, 5.41) is 16.3. The number of hydrogen-bond acceptors (Lipinski definition) is 7. The molecular formula is C10H15N5O4. The molecule has 104 valence electrons. The average molecular weight is 269 g/mol. The number of rotatable bonds is 8. The summed E-state index contributed by atoms with van der Waals surface area (Å²) in [7, 11) is 1.62. The molecule has 0 fully saturated rings. The molecule has 1 aromatic rings. The van der Waals surface area contributed by atoms with Crippen LogP contribution in [-0.2, 0) is 9.53 Å². The predicted octanol–water partition coefficient (Wildman–Crippen LogP) is -0.0547. The Bertz CT molecular complexity index is 465. The smallest absolute Gasteiger partial charge is 0.276 e. The molecular weight excluding hydrogens is 254 g/mol. The summed E-state index contributed by atoms with van der Waals surface area (Å²) >= 11 is 0. The molecule has 4 N–H and O–H groups in total. The third-order valence-electron chi connectivity index (χ3n) is 2.07. The maximum absolute atomic E-state index is 10.7. The second-order valence-electron chi connectivity index (χ2n) is 3.55. The lowest BCUT2D eigenvalue weighted by atomic mass is 10.3. The molecule has 1 aromatic heterocycles. The molecule has 0 aromatic carbocycles. The predicted molar refractivity (Wildman–Crippen MR) is 68.9 cm³/mol. The minimum atomic E-state index is -0.550. The van der Waals surface area contributed by atoms with Crippen molar-refractivity contribution in [1.82, 2.24) is 4.98 Å². The number of nitro groups is 1. The van der Waals surface area contributed by atoms with Crippen LogP contribution in [0.1, 0.15) is 0 Å². The van der Waals surface area contributed by atoms with Gasteiger partial charge in [0, 0.05) is 13.6 Å². The summed E-state index contributed by atoms with van der Waals surface area (Å²) in [6.45, 7) is 0.429. The van der Waals surface area contributed by atoms with Gasteiger partial charge in [-0.2, -0.15) is 0 Å². The Kier molecular flexibility index (Phi) is 5.48. The quantitative estimate of drug-likeness (QED) is 0.342. The molecule has 0 aliphatic carbocycles. The number of carbonyl (C=O) groups is 1. The molecule has 0 saturated heterocycles. The van der Waals surface area contributed by atoms with E-state index in [1.165, 1.54) is 12.1 Å². The summed E-state index contributed by atoms with van der Waals surface area (Å²) < 4.78 is 4.94. The minimum Gasteiger partial charge on any atom is -0.373 e. The van der Waals surface area contributed by atoms with Crippen molar-refractivity contribution in [1.29, 1.82) is 0 Å². The van der Waals surface area contributed by atoms with E-state index < -0.39 is 10.8 Å². The maximum atomic E-state index is 10.7. The van der Waals surface area contributed by atoms with Crippen LogP contribution in [0.15, 0.2) is 12.1 Å². The first-order valence-corrected chi connectivity index (χ1v) is 5.47. The van der Waals surface area contributed by atoms with Crippen LogP contribution >= 0.6 is 0 Å². The minimum absolute atomic E-state index is 0.0695. The number of hydrogen-bond donors (Lipinski definition) is 3. The van der Waals surface area contributed by atoms with E-state index in [1.807, 2.05) is 0 Å². The number of amides is 1.